The van der Waals surface area contributed by atoms with Crippen LogP contribution in [0, 0.1) is 6.92 Å². The summed E-state index contributed by atoms with van der Waals surface area (Å²) in [4.78, 5) is 9.46. The Morgan fingerprint density at radius 1 is 0.793 bits per heavy atom. The van der Waals surface area contributed by atoms with Crippen molar-refractivity contribution < 1.29 is 4.42 Å². The summed E-state index contributed by atoms with van der Waals surface area (Å²) < 4.78 is 8.45. The van der Waals surface area contributed by atoms with Gasteiger partial charge >= 0.3 is 0 Å². The van der Waals surface area contributed by atoms with E-state index in [1.165, 1.54) is 0 Å². The Labute approximate surface area is 167 Å². The summed E-state index contributed by atoms with van der Waals surface area (Å²) in [5.74, 6) is 0.854. The fraction of sp³-hybridized carbons (Fsp3) is 0.0400. The third kappa shape index (κ3) is 2.32. The van der Waals surface area contributed by atoms with Crippen LogP contribution in [-0.2, 0) is 0 Å². The van der Waals surface area contributed by atoms with Crippen LogP contribution in [0.1, 0.15) is 5.56 Å². The zero-order valence-corrected chi connectivity index (χ0v) is 15.8. The van der Waals surface area contributed by atoms with E-state index in [4.69, 9.17) is 9.40 Å². The molecule has 3 heterocycles. The third-order valence-electron chi connectivity index (χ3n) is 5.41. The van der Waals surface area contributed by atoms with Crippen LogP contribution in [0.3, 0.4) is 0 Å². The molecule has 0 spiro atoms. The molecule has 29 heavy (non-hydrogen) atoms. The van der Waals surface area contributed by atoms with Gasteiger partial charge in [-0.15, -0.1) is 0 Å². The Kier molecular flexibility index (Phi) is 3.35. The fourth-order valence-corrected chi connectivity index (χ4v) is 4.07. The van der Waals surface area contributed by atoms with Gasteiger partial charge in [-0.2, -0.15) is 0 Å². The fourth-order valence-electron chi connectivity index (χ4n) is 4.07. The highest BCUT2D eigenvalue weighted by Gasteiger charge is 2.20. The molecule has 0 bridgehead atoms. The maximum absolute atomic E-state index is 6.29. The molecule has 6 aromatic rings. The topological polar surface area (TPSA) is 43.9 Å². The number of hydrogen-bond acceptors (Lipinski definition) is 3. The van der Waals surface area contributed by atoms with E-state index in [0.29, 0.717) is 0 Å². The van der Waals surface area contributed by atoms with Crippen LogP contribution in [0.4, 0.5) is 0 Å². The third-order valence-corrected chi connectivity index (χ3v) is 5.41. The molecule has 0 aliphatic heterocycles. The molecule has 0 saturated carbocycles. The molecule has 0 amide bonds. The largest absolute Gasteiger partial charge is 0.455 e. The number of benzene rings is 3. The molecule has 6 rings (SSSR count). The molecule has 4 heteroatoms. The van der Waals surface area contributed by atoms with Gasteiger partial charge in [-0.3, -0.25) is 9.55 Å². The molecule has 138 valence electrons. The number of hydrogen-bond donors (Lipinski definition) is 0. The van der Waals surface area contributed by atoms with Gasteiger partial charge in [0.1, 0.15) is 17.0 Å². The molecule has 0 saturated heterocycles. The quantitative estimate of drug-likeness (QED) is 0.357. The number of fused-ring (bicyclic) bond motifs is 4. The lowest BCUT2D eigenvalue weighted by Gasteiger charge is -2.09. The maximum atomic E-state index is 6.29. The van der Waals surface area contributed by atoms with Crippen molar-refractivity contribution in [3.63, 3.8) is 0 Å². The van der Waals surface area contributed by atoms with E-state index in [9.17, 15) is 0 Å². The summed E-state index contributed by atoms with van der Waals surface area (Å²) in [5.41, 5.74) is 6.74. The number of pyridine rings is 1. The van der Waals surface area contributed by atoms with Crippen LogP contribution >= 0.6 is 0 Å². The second kappa shape index (κ2) is 6.04. The number of para-hydroxylation sites is 3. The average molecular weight is 375 g/mol. The molecule has 0 radical (unpaired) electrons. The second-order valence-electron chi connectivity index (χ2n) is 7.21. The van der Waals surface area contributed by atoms with Gasteiger partial charge in [0.15, 0.2) is 0 Å². The smallest absolute Gasteiger partial charge is 0.149 e. The zero-order valence-electron chi connectivity index (χ0n) is 15.8. The van der Waals surface area contributed by atoms with Crippen molar-refractivity contribution in [2.45, 2.75) is 6.92 Å². The summed E-state index contributed by atoms with van der Waals surface area (Å²) in [6, 6.07) is 24.7. The minimum atomic E-state index is 0.854. The van der Waals surface area contributed by atoms with E-state index >= 15 is 0 Å². The zero-order chi connectivity index (χ0) is 19.4. The highest BCUT2D eigenvalue weighted by molar-refractivity contribution is 6.09. The Balaban J connectivity index is 1.76. The first-order valence-corrected chi connectivity index (χ1v) is 9.60. The van der Waals surface area contributed by atoms with E-state index in [0.717, 1.165) is 55.6 Å². The van der Waals surface area contributed by atoms with Crippen molar-refractivity contribution >= 4 is 33.0 Å². The van der Waals surface area contributed by atoms with Crippen molar-refractivity contribution in [2.24, 2.45) is 0 Å². The van der Waals surface area contributed by atoms with Crippen LogP contribution in [0.15, 0.2) is 89.6 Å². The van der Waals surface area contributed by atoms with Crippen LogP contribution in [0.2, 0.25) is 0 Å². The molecule has 0 atom stereocenters. The molecule has 4 nitrogen and oxygen atoms in total. The van der Waals surface area contributed by atoms with Crippen molar-refractivity contribution in [3.05, 3.63) is 90.8 Å². The van der Waals surface area contributed by atoms with Crippen molar-refractivity contribution in [1.82, 2.24) is 14.5 Å². The lowest BCUT2D eigenvalue weighted by Crippen LogP contribution is -1.97. The highest BCUT2D eigenvalue weighted by atomic mass is 16.3. The molecule has 0 fully saturated rings. The minimum absolute atomic E-state index is 0.854. The van der Waals surface area contributed by atoms with Crippen molar-refractivity contribution in [1.29, 1.82) is 0 Å². The normalized spacial score (nSPS) is 11.6. The van der Waals surface area contributed by atoms with Gasteiger partial charge in [0, 0.05) is 22.7 Å². The maximum Gasteiger partial charge on any atom is 0.149 e. The standard InChI is InChI=1S/C25H17N3O/c1-16-14-26-15-21-23(16)27-25(28(21)17-8-3-2-4-9-17)20-12-7-11-19-18-10-5-6-13-22(18)29-24(19)20/h2-15H,1H3. The summed E-state index contributed by atoms with van der Waals surface area (Å²) in [6.45, 7) is 2.04. The molecule has 3 aromatic heterocycles. The Morgan fingerprint density at radius 3 is 2.48 bits per heavy atom. The monoisotopic (exact) mass is 375 g/mol. The van der Waals surface area contributed by atoms with Crippen molar-refractivity contribution in [3.8, 4) is 17.1 Å². The Hall–Kier alpha value is -3.92. The predicted molar refractivity (Wildman–Crippen MR) is 116 cm³/mol. The summed E-state index contributed by atoms with van der Waals surface area (Å²) >= 11 is 0. The molecule has 0 aliphatic rings. The highest BCUT2D eigenvalue weighted by Crippen LogP contribution is 2.37. The number of furan rings is 1. The van der Waals surface area contributed by atoms with E-state index < -0.39 is 0 Å². The van der Waals surface area contributed by atoms with Gasteiger partial charge in [-0.25, -0.2) is 4.98 Å². The summed E-state index contributed by atoms with van der Waals surface area (Å²) in [6.07, 6.45) is 3.74. The van der Waals surface area contributed by atoms with Crippen LogP contribution in [0.25, 0.3) is 50.0 Å². The van der Waals surface area contributed by atoms with E-state index in [1.807, 2.05) is 55.7 Å². The lowest BCUT2D eigenvalue weighted by atomic mass is 10.1. The van der Waals surface area contributed by atoms with Crippen molar-refractivity contribution in [2.75, 3.05) is 0 Å². The molecule has 0 aliphatic carbocycles. The molecule has 0 N–H and O–H groups in total. The lowest BCUT2D eigenvalue weighted by molar-refractivity contribution is 0.669. The number of nitrogens with zero attached hydrogens (tertiary/aromatic N) is 3. The Bertz CT molecular complexity index is 1510. The van der Waals surface area contributed by atoms with E-state index in [1.54, 1.807) is 0 Å². The van der Waals surface area contributed by atoms with Gasteiger partial charge in [-0.05, 0) is 36.8 Å². The number of rotatable bonds is 2. The second-order valence-corrected chi connectivity index (χ2v) is 7.21. The van der Waals surface area contributed by atoms with Gasteiger partial charge in [-0.1, -0.05) is 48.5 Å². The first-order chi connectivity index (χ1) is 14.3. The number of aryl methyl sites for hydroxylation is 1. The van der Waals surface area contributed by atoms with Crippen LogP contribution in [-0.4, -0.2) is 14.5 Å². The van der Waals surface area contributed by atoms with Crippen LogP contribution < -0.4 is 0 Å². The Morgan fingerprint density at radius 2 is 1.59 bits per heavy atom. The van der Waals surface area contributed by atoms with Gasteiger partial charge in [0.05, 0.1) is 22.8 Å². The average Bonchev–Trinajstić information content (AvgIpc) is 3.34. The first-order valence-electron chi connectivity index (χ1n) is 9.60. The molecule has 3 aromatic carbocycles. The SMILES string of the molecule is Cc1cncc2c1nc(-c1cccc3c1oc1ccccc13)n2-c1ccccc1. The predicted octanol–water partition coefficient (Wildman–Crippen LogP) is 6.30. The minimum Gasteiger partial charge on any atom is -0.455 e. The molecular formula is C25H17N3O. The van der Waals surface area contributed by atoms with E-state index in [-0.39, 0.29) is 0 Å². The summed E-state index contributed by atoms with van der Waals surface area (Å²) in [5, 5.41) is 2.21. The number of imidazole rings is 1. The van der Waals surface area contributed by atoms with Gasteiger partial charge < -0.3 is 4.42 Å². The van der Waals surface area contributed by atoms with Gasteiger partial charge in [0.25, 0.3) is 0 Å². The van der Waals surface area contributed by atoms with E-state index in [2.05, 4.69) is 45.9 Å². The van der Waals surface area contributed by atoms with Gasteiger partial charge in [0.2, 0.25) is 0 Å². The number of aromatic nitrogens is 3. The first kappa shape index (κ1) is 16.1. The summed E-state index contributed by atoms with van der Waals surface area (Å²) in [7, 11) is 0. The molecular weight excluding hydrogens is 358 g/mol. The molecule has 0 unspecified atom stereocenters. The van der Waals surface area contributed by atoms with Crippen LogP contribution in [0.5, 0.6) is 0 Å².